The van der Waals surface area contributed by atoms with Gasteiger partial charge >= 0.3 is 0 Å². The summed E-state index contributed by atoms with van der Waals surface area (Å²) < 4.78 is 5.14. The molecule has 0 saturated carbocycles. The third kappa shape index (κ3) is 2.51. The first-order valence-electron chi connectivity index (χ1n) is 3.61. The summed E-state index contributed by atoms with van der Waals surface area (Å²) in [5.74, 6) is 0.759. The fourth-order valence-electron chi connectivity index (χ4n) is 0.788. The molecule has 0 aliphatic carbocycles. The third-order valence-corrected chi connectivity index (χ3v) is 1.30. The zero-order valence-corrected chi connectivity index (χ0v) is 6.53. The lowest BCUT2D eigenvalue weighted by atomic mass is 10.3. The van der Waals surface area contributed by atoms with Gasteiger partial charge in [0.15, 0.2) is 0 Å². The van der Waals surface area contributed by atoms with Crippen molar-refractivity contribution >= 4 is 0 Å². The molecule has 0 bridgehead atoms. The van der Waals surface area contributed by atoms with Gasteiger partial charge in [-0.15, -0.1) is 0 Å². The number of aromatic hydroxyl groups is 1. The largest absolute Gasteiger partial charge is 0.508 e. The van der Waals surface area contributed by atoms with E-state index in [0.29, 0.717) is 18.8 Å². The van der Waals surface area contributed by atoms with Gasteiger partial charge in [-0.05, 0) is 12.1 Å². The molecule has 1 aromatic carbocycles. The van der Waals surface area contributed by atoms with Gasteiger partial charge < -0.3 is 9.84 Å². The molecule has 3 heteroatoms. The van der Waals surface area contributed by atoms with Crippen LogP contribution in [0.5, 0.6) is 11.5 Å². The van der Waals surface area contributed by atoms with E-state index >= 15 is 0 Å². The molecule has 3 nitrogen and oxygen atoms in total. The van der Waals surface area contributed by atoms with Crippen LogP contribution in [0.2, 0.25) is 0 Å². The summed E-state index contributed by atoms with van der Waals surface area (Å²) in [6.07, 6.45) is 0.357. The molecule has 0 radical (unpaired) electrons. The molecule has 0 unspecified atom stereocenters. The summed E-state index contributed by atoms with van der Waals surface area (Å²) in [5.41, 5.74) is 0. The number of phenols is 1. The maximum absolute atomic E-state index is 9.02. The molecule has 0 aliphatic rings. The quantitative estimate of drug-likeness (QED) is 0.690. The first-order chi connectivity index (χ1) is 5.83. The van der Waals surface area contributed by atoms with Crippen molar-refractivity contribution in [3.63, 3.8) is 0 Å². The van der Waals surface area contributed by atoms with Gasteiger partial charge in [-0.1, -0.05) is 6.07 Å². The molecule has 0 aromatic heterocycles. The molecule has 62 valence electrons. The van der Waals surface area contributed by atoms with E-state index in [1.165, 1.54) is 6.07 Å². The minimum atomic E-state index is 0.171. The van der Waals surface area contributed by atoms with Gasteiger partial charge in [-0.2, -0.15) is 5.26 Å². The lowest BCUT2D eigenvalue weighted by Gasteiger charge is -2.02. The Hall–Kier alpha value is -1.69. The van der Waals surface area contributed by atoms with Gasteiger partial charge in [-0.3, -0.25) is 0 Å². The van der Waals surface area contributed by atoms with Gasteiger partial charge in [0.1, 0.15) is 18.1 Å². The molecule has 1 rings (SSSR count). The standard InChI is InChI=1S/C9H9NO2/c10-5-2-6-12-9-4-1-3-8(11)7-9/h1,3-4,7,11H,2,6H2. The monoisotopic (exact) mass is 163 g/mol. The van der Waals surface area contributed by atoms with Crippen molar-refractivity contribution in [2.24, 2.45) is 0 Å². The van der Waals surface area contributed by atoms with Crippen molar-refractivity contribution in [1.29, 1.82) is 5.26 Å². The van der Waals surface area contributed by atoms with Crippen molar-refractivity contribution < 1.29 is 9.84 Å². The Kier molecular flexibility index (Phi) is 2.97. The second-order valence-corrected chi connectivity index (χ2v) is 2.25. The van der Waals surface area contributed by atoms with E-state index in [0.717, 1.165) is 0 Å². The van der Waals surface area contributed by atoms with Crippen LogP contribution >= 0.6 is 0 Å². The van der Waals surface area contributed by atoms with Crippen LogP contribution in [0, 0.1) is 11.3 Å². The molecule has 1 aromatic rings. The maximum Gasteiger partial charge on any atom is 0.123 e. The van der Waals surface area contributed by atoms with Crippen LogP contribution in [-0.2, 0) is 0 Å². The molecular weight excluding hydrogens is 154 g/mol. The highest BCUT2D eigenvalue weighted by molar-refractivity contribution is 5.31. The number of nitriles is 1. The Morgan fingerprint density at radius 3 is 3.00 bits per heavy atom. The SMILES string of the molecule is N#CCCOc1cccc(O)c1. The number of hydrogen-bond donors (Lipinski definition) is 1. The average Bonchev–Trinajstić information content (AvgIpc) is 2.05. The Bertz CT molecular complexity index is 291. The summed E-state index contributed by atoms with van der Waals surface area (Å²) >= 11 is 0. The number of hydrogen-bond acceptors (Lipinski definition) is 3. The smallest absolute Gasteiger partial charge is 0.123 e. The minimum Gasteiger partial charge on any atom is -0.508 e. The Morgan fingerprint density at radius 1 is 1.50 bits per heavy atom. The summed E-state index contributed by atoms with van der Waals surface area (Å²) in [6.45, 7) is 0.361. The number of ether oxygens (including phenoxy) is 1. The molecule has 0 spiro atoms. The number of rotatable bonds is 3. The van der Waals surface area contributed by atoms with Gasteiger partial charge in [-0.25, -0.2) is 0 Å². The van der Waals surface area contributed by atoms with Gasteiger partial charge in [0, 0.05) is 6.07 Å². The molecule has 0 fully saturated rings. The average molecular weight is 163 g/mol. The first kappa shape index (κ1) is 8.41. The molecule has 0 saturated heterocycles. The fourth-order valence-corrected chi connectivity index (χ4v) is 0.788. The third-order valence-electron chi connectivity index (χ3n) is 1.30. The van der Waals surface area contributed by atoms with Crippen molar-refractivity contribution in [2.75, 3.05) is 6.61 Å². The molecule has 12 heavy (non-hydrogen) atoms. The van der Waals surface area contributed by atoms with Crippen LogP contribution in [0.4, 0.5) is 0 Å². The fraction of sp³-hybridized carbons (Fsp3) is 0.222. The van der Waals surface area contributed by atoms with Gasteiger partial charge in [0.25, 0.3) is 0 Å². The molecule has 1 N–H and O–H groups in total. The minimum absolute atomic E-state index is 0.171. The summed E-state index contributed by atoms with van der Waals surface area (Å²) in [5, 5.41) is 17.2. The van der Waals surface area contributed by atoms with Crippen LogP contribution in [0.1, 0.15) is 6.42 Å². The van der Waals surface area contributed by atoms with Crippen molar-refractivity contribution in [1.82, 2.24) is 0 Å². The number of nitrogens with zero attached hydrogens (tertiary/aromatic N) is 1. The summed E-state index contributed by atoms with van der Waals surface area (Å²) in [4.78, 5) is 0. The lowest BCUT2D eigenvalue weighted by Crippen LogP contribution is -1.94. The van der Waals surface area contributed by atoms with Crippen LogP contribution in [0.25, 0.3) is 0 Å². The highest BCUT2D eigenvalue weighted by Gasteiger charge is 1.93. The highest BCUT2D eigenvalue weighted by atomic mass is 16.5. The zero-order chi connectivity index (χ0) is 8.81. The van der Waals surface area contributed by atoms with Crippen molar-refractivity contribution in [3.8, 4) is 17.6 Å². The molecule has 0 aliphatic heterocycles. The molecule has 0 atom stereocenters. The predicted molar refractivity (Wildman–Crippen MR) is 43.8 cm³/mol. The van der Waals surface area contributed by atoms with Crippen LogP contribution in [0.3, 0.4) is 0 Å². The van der Waals surface area contributed by atoms with Crippen molar-refractivity contribution in [2.45, 2.75) is 6.42 Å². The van der Waals surface area contributed by atoms with Crippen LogP contribution < -0.4 is 4.74 Å². The zero-order valence-electron chi connectivity index (χ0n) is 6.53. The summed E-state index contributed by atoms with van der Waals surface area (Å²) in [6, 6.07) is 8.47. The van der Waals surface area contributed by atoms with Crippen molar-refractivity contribution in [3.05, 3.63) is 24.3 Å². The van der Waals surface area contributed by atoms with E-state index in [1.54, 1.807) is 18.2 Å². The van der Waals surface area contributed by atoms with Crippen LogP contribution in [-0.4, -0.2) is 11.7 Å². The number of benzene rings is 1. The topological polar surface area (TPSA) is 53.2 Å². The van der Waals surface area contributed by atoms with E-state index in [2.05, 4.69) is 0 Å². The Balaban J connectivity index is 2.48. The van der Waals surface area contributed by atoms with Crippen LogP contribution in [0.15, 0.2) is 24.3 Å². The van der Waals surface area contributed by atoms with Gasteiger partial charge in [0.2, 0.25) is 0 Å². The van der Waals surface area contributed by atoms with E-state index in [9.17, 15) is 0 Å². The normalized spacial score (nSPS) is 8.92. The lowest BCUT2D eigenvalue weighted by molar-refractivity contribution is 0.324. The molecule has 0 heterocycles. The Morgan fingerprint density at radius 2 is 2.33 bits per heavy atom. The van der Waals surface area contributed by atoms with E-state index in [1.807, 2.05) is 6.07 Å². The Labute approximate surface area is 70.8 Å². The summed E-state index contributed by atoms with van der Waals surface area (Å²) in [7, 11) is 0. The predicted octanol–water partition coefficient (Wildman–Crippen LogP) is 1.68. The number of phenolic OH excluding ortho intramolecular Hbond substituents is 1. The molecular formula is C9H9NO2. The van der Waals surface area contributed by atoms with E-state index < -0.39 is 0 Å². The van der Waals surface area contributed by atoms with E-state index in [-0.39, 0.29) is 5.75 Å². The second kappa shape index (κ2) is 4.24. The molecule has 0 amide bonds. The first-order valence-corrected chi connectivity index (χ1v) is 3.61. The second-order valence-electron chi connectivity index (χ2n) is 2.25. The highest BCUT2D eigenvalue weighted by Crippen LogP contribution is 2.17. The van der Waals surface area contributed by atoms with E-state index in [4.69, 9.17) is 15.1 Å². The maximum atomic E-state index is 9.02. The van der Waals surface area contributed by atoms with Gasteiger partial charge in [0.05, 0.1) is 12.5 Å².